The van der Waals surface area contributed by atoms with E-state index in [1.165, 1.54) is 5.56 Å². The SMILES string of the molecule is Nc1c(C(=O)CCl)ccc2c1C=CCC2. The fourth-order valence-corrected chi connectivity index (χ4v) is 2.00. The van der Waals surface area contributed by atoms with E-state index in [2.05, 4.69) is 6.08 Å². The van der Waals surface area contributed by atoms with Crippen LogP contribution in [-0.4, -0.2) is 11.7 Å². The number of benzene rings is 1. The third-order valence-corrected chi connectivity index (χ3v) is 2.91. The van der Waals surface area contributed by atoms with Gasteiger partial charge in [-0.3, -0.25) is 4.79 Å². The first-order chi connectivity index (χ1) is 7.24. The Morgan fingerprint density at radius 2 is 2.27 bits per heavy atom. The first-order valence-corrected chi connectivity index (χ1v) is 5.44. The highest BCUT2D eigenvalue weighted by Gasteiger charge is 2.14. The average Bonchev–Trinajstić information content (AvgIpc) is 2.29. The Balaban J connectivity index is 2.54. The number of hydrogen-bond donors (Lipinski definition) is 1. The van der Waals surface area contributed by atoms with Gasteiger partial charge in [0.05, 0.1) is 5.88 Å². The van der Waals surface area contributed by atoms with E-state index >= 15 is 0 Å². The molecular weight excluding hydrogens is 210 g/mol. The van der Waals surface area contributed by atoms with E-state index in [1.54, 1.807) is 6.07 Å². The summed E-state index contributed by atoms with van der Waals surface area (Å²) in [4.78, 5) is 11.5. The predicted octanol–water partition coefficient (Wildman–Crippen LogP) is 2.65. The van der Waals surface area contributed by atoms with Crippen LogP contribution in [0, 0.1) is 0 Å². The standard InChI is InChI=1S/C12H12ClNO/c13-7-11(15)10-6-5-8-3-1-2-4-9(8)12(10)14/h2,4-6H,1,3,7,14H2. The van der Waals surface area contributed by atoms with Gasteiger partial charge in [-0.05, 0) is 24.5 Å². The Morgan fingerprint density at radius 1 is 1.47 bits per heavy atom. The molecule has 2 nitrogen and oxygen atoms in total. The van der Waals surface area contributed by atoms with Crippen molar-refractivity contribution < 1.29 is 4.79 Å². The van der Waals surface area contributed by atoms with Crippen LogP contribution in [-0.2, 0) is 6.42 Å². The molecule has 0 spiro atoms. The molecule has 3 heteroatoms. The summed E-state index contributed by atoms with van der Waals surface area (Å²) in [5.41, 5.74) is 9.24. The maximum absolute atomic E-state index is 11.5. The number of rotatable bonds is 2. The van der Waals surface area contributed by atoms with Gasteiger partial charge in [0.1, 0.15) is 0 Å². The zero-order valence-corrected chi connectivity index (χ0v) is 9.05. The van der Waals surface area contributed by atoms with Crippen LogP contribution in [0.1, 0.15) is 27.9 Å². The summed E-state index contributed by atoms with van der Waals surface area (Å²) in [7, 11) is 0. The molecular formula is C12H12ClNO. The van der Waals surface area contributed by atoms with E-state index in [9.17, 15) is 4.79 Å². The molecule has 0 aliphatic heterocycles. The molecule has 0 bridgehead atoms. The second-order valence-corrected chi connectivity index (χ2v) is 3.86. The Hall–Kier alpha value is -1.28. The van der Waals surface area contributed by atoms with Gasteiger partial charge in [0, 0.05) is 16.8 Å². The molecule has 0 saturated heterocycles. The Labute approximate surface area is 93.7 Å². The molecule has 2 N–H and O–H groups in total. The topological polar surface area (TPSA) is 43.1 Å². The van der Waals surface area contributed by atoms with Crippen LogP contribution >= 0.6 is 11.6 Å². The van der Waals surface area contributed by atoms with Crippen molar-refractivity contribution in [2.24, 2.45) is 0 Å². The van der Waals surface area contributed by atoms with Gasteiger partial charge in [-0.25, -0.2) is 0 Å². The summed E-state index contributed by atoms with van der Waals surface area (Å²) in [6.45, 7) is 0. The van der Waals surface area contributed by atoms with Crippen molar-refractivity contribution in [2.75, 3.05) is 11.6 Å². The number of carbonyl (C=O) groups is 1. The molecule has 1 aromatic rings. The van der Waals surface area contributed by atoms with Crippen LogP contribution in [0.2, 0.25) is 0 Å². The van der Waals surface area contributed by atoms with Crippen molar-refractivity contribution in [3.05, 3.63) is 34.9 Å². The number of alkyl halides is 1. The predicted molar refractivity (Wildman–Crippen MR) is 63.3 cm³/mol. The van der Waals surface area contributed by atoms with E-state index in [0.29, 0.717) is 11.3 Å². The third kappa shape index (κ3) is 1.77. The number of carbonyl (C=O) groups excluding carboxylic acids is 1. The van der Waals surface area contributed by atoms with Gasteiger partial charge in [-0.15, -0.1) is 11.6 Å². The molecule has 1 aliphatic rings. The number of ketones is 1. The molecule has 2 rings (SSSR count). The first kappa shape index (κ1) is 10.2. The number of hydrogen-bond acceptors (Lipinski definition) is 2. The normalized spacial score (nSPS) is 13.7. The highest BCUT2D eigenvalue weighted by atomic mass is 35.5. The molecule has 1 aliphatic carbocycles. The van der Waals surface area contributed by atoms with Crippen molar-refractivity contribution in [3.8, 4) is 0 Å². The lowest BCUT2D eigenvalue weighted by Crippen LogP contribution is -2.09. The Bertz CT molecular complexity index is 437. The van der Waals surface area contributed by atoms with Gasteiger partial charge in [0.2, 0.25) is 0 Å². The molecule has 0 saturated carbocycles. The Kier molecular flexibility index (Phi) is 2.78. The highest BCUT2D eigenvalue weighted by Crippen LogP contribution is 2.28. The van der Waals surface area contributed by atoms with E-state index in [-0.39, 0.29) is 11.7 Å². The van der Waals surface area contributed by atoms with Crippen LogP contribution < -0.4 is 5.73 Å². The van der Waals surface area contributed by atoms with E-state index in [4.69, 9.17) is 17.3 Å². The zero-order chi connectivity index (χ0) is 10.8. The Morgan fingerprint density at radius 3 is 3.00 bits per heavy atom. The van der Waals surface area contributed by atoms with Crippen LogP contribution in [0.5, 0.6) is 0 Å². The van der Waals surface area contributed by atoms with Gasteiger partial charge < -0.3 is 5.73 Å². The lowest BCUT2D eigenvalue weighted by atomic mass is 9.92. The van der Waals surface area contributed by atoms with Crippen molar-refractivity contribution in [3.63, 3.8) is 0 Å². The maximum atomic E-state index is 11.5. The molecule has 15 heavy (non-hydrogen) atoms. The molecule has 0 radical (unpaired) electrons. The van der Waals surface area contributed by atoms with Gasteiger partial charge in [-0.2, -0.15) is 0 Å². The summed E-state index contributed by atoms with van der Waals surface area (Å²) in [5.74, 6) is -0.136. The number of nitrogen functional groups attached to an aromatic ring is 1. The minimum Gasteiger partial charge on any atom is -0.398 e. The molecule has 0 amide bonds. The van der Waals surface area contributed by atoms with Crippen LogP contribution in [0.4, 0.5) is 5.69 Å². The summed E-state index contributed by atoms with van der Waals surface area (Å²) >= 11 is 5.52. The number of nitrogens with two attached hydrogens (primary N) is 1. The summed E-state index contributed by atoms with van der Waals surface area (Å²) in [5, 5.41) is 0. The molecule has 0 aromatic heterocycles. The minimum absolute atomic E-state index is 0.0211. The van der Waals surface area contributed by atoms with Crippen molar-refractivity contribution >= 4 is 29.1 Å². The largest absolute Gasteiger partial charge is 0.398 e. The summed E-state index contributed by atoms with van der Waals surface area (Å²) in [6, 6.07) is 3.74. The smallest absolute Gasteiger partial charge is 0.179 e. The molecule has 0 heterocycles. The lowest BCUT2D eigenvalue weighted by molar-refractivity contribution is 0.102. The number of halogens is 1. The number of allylic oxidation sites excluding steroid dienone is 1. The van der Waals surface area contributed by atoms with Crippen molar-refractivity contribution in [1.82, 2.24) is 0 Å². The van der Waals surface area contributed by atoms with Crippen LogP contribution in [0.3, 0.4) is 0 Å². The molecule has 0 atom stereocenters. The van der Waals surface area contributed by atoms with E-state index in [0.717, 1.165) is 18.4 Å². The number of aryl methyl sites for hydroxylation is 1. The first-order valence-electron chi connectivity index (χ1n) is 4.91. The van der Waals surface area contributed by atoms with Crippen molar-refractivity contribution in [2.45, 2.75) is 12.8 Å². The van der Waals surface area contributed by atoms with Gasteiger partial charge >= 0.3 is 0 Å². The van der Waals surface area contributed by atoms with Gasteiger partial charge in [0.15, 0.2) is 5.78 Å². The highest BCUT2D eigenvalue weighted by molar-refractivity contribution is 6.31. The second-order valence-electron chi connectivity index (χ2n) is 3.60. The van der Waals surface area contributed by atoms with Crippen LogP contribution in [0.25, 0.3) is 6.08 Å². The number of anilines is 1. The van der Waals surface area contributed by atoms with E-state index in [1.807, 2.05) is 12.1 Å². The summed E-state index contributed by atoms with van der Waals surface area (Å²) < 4.78 is 0. The van der Waals surface area contributed by atoms with Gasteiger partial charge in [-0.1, -0.05) is 18.2 Å². The zero-order valence-electron chi connectivity index (χ0n) is 8.29. The van der Waals surface area contributed by atoms with E-state index < -0.39 is 0 Å². The number of fused-ring (bicyclic) bond motifs is 1. The molecule has 0 unspecified atom stereocenters. The summed E-state index contributed by atoms with van der Waals surface area (Å²) in [6.07, 6.45) is 6.09. The molecule has 0 fully saturated rings. The van der Waals surface area contributed by atoms with Gasteiger partial charge in [0.25, 0.3) is 0 Å². The average molecular weight is 222 g/mol. The minimum atomic E-state index is -0.115. The fraction of sp³-hybridized carbons (Fsp3) is 0.250. The second kappa shape index (κ2) is 4.07. The van der Waals surface area contributed by atoms with Crippen LogP contribution in [0.15, 0.2) is 18.2 Å². The lowest BCUT2D eigenvalue weighted by Gasteiger charge is -2.14. The number of Topliss-reactive ketones (excluding diaryl/α,β-unsaturated/α-hetero) is 1. The quantitative estimate of drug-likeness (QED) is 0.474. The molecule has 78 valence electrons. The molecule has 1 aromatic carbocycles. The van der Waals surface area contributed by atoms with Crippen molar-refractivity contribution in [1.29, 1.82) is 0 Å². The fourth-order valence-electron chi connectivity index (χ4n) is 1.85. The maximum Gasteiger partial charge on any atom is 0.179 e. The third-order valence-electron chi connectivity index (χ3n) is 2.66. The monoisotopic (exact) mass is 221 g/mol.